The molecule has 0 aliphatic heterocycles. The van der Waals surface area contributed by atoms with E-state index >= 15 is 0 Å². The van der Waals surface area contributed by atoms with Gasteiger partial charge in [0.25, 0.3) is 0 Å². The third kappa shape index (κ3) is 4.23. The number of ketones is 1. The summed E-state index contributed by atoms with van der Waals surface area (Å²) in [6, 6.07) is 4.13. The molecule has 0 saturated heterocycles. The quantitative estimate of drug-likeness (QED) is 0.706. The maximum Gasteiger partial charge on any atom is 0.133 e. The lowest BCUT2D eigenvalue weighted by molar-refractivity contribution is -0.119. The molecule has 1 nitrogen and oxygen atoms in total. The normalized spacial score (nSPS) is 10.7. The van der Waals surface area contributed by atoms with Crippen molar-refractivity contribution in [3.63, 3.8) is 0 Å². The van der Waals surface area contributed by atoms with E-state index in [1.54, 1.807) is 11.3 Å². The minimum Gasteiger partial charge on any atom is -0.300 e. The third-order valence-electron chi connectivity index (χ3n) is 1.87. The summed E-state index contributed by atoms with van der Waals surface area (Å²) in [7, 11) is 0. The molecule has 13 heavy (non-hydrogen) atoms. The molecule has 0 spiro atoms. The maximum absolute atomic E-state index is 11.4. The molecule has 1 heterocycles. The van der Waals surface area contributed by atoms with Crippen LogP contribution in [-0.4, -0.2) is 5.78 Å². The van der Waals surface area contributed by atoms with Crippen LogP contribution in [0.2, 0.25) is 0 Å². The number of aryl methyl sites for hydroxylation is 1. The first kappa shape index (κ1) is 10.5. The van der Waals surface area contributed by atoms with E-state index in [4.69, 9.17) is 0 Å². The van der Waals surface area contributed by atoms with Crippen molar-refractivity contribution in [1.82, 2.24) is 0 Å². The SMILES string of the molecule is CC(C)CC(=O)CCc1cccs1. The van der Waals surface area contributed by atoms with Crippen molar-refractivity contribution in [2.75, 3.05) is 0 Å². The zero-order valence-electron chi connectivity index (χ0n) is 8.25. The van der Waals surface area contributed by atoms with E-state index in [-0.39, 0.29) is 0 Å². The van der Waals surface area contributed by atoms with Crippen LogP contribution in [0, 0.1) is 5.92 Å². The van der Waals surface area contributed by atoms with Gasteiger partial charge in [0.05, 0.1) is 0 Å². The monoisotopic (exact) mass is 196 g/mol. The Bertz CT molecular complexity index is 249. The van der Waals surface area contributed by atoms with E-state index in [9.17, 15) is 4.79 Å². The summed E-state index contributed by atoms with van der Waals surface area (Å²) in [5.74, 6) is 0.888. The van der Waals surface area contributed by atoms with Gasteiger partial charge in [-0.05, 0) is 23.8 Å². The van der Waals surface area contributed by atoms with E-state index in [1.165, 1.54) is 4.88 Å². The Kier molecular flexibility index (Phi) is 4.16. The molecule has 1 rings (SSSR count). The fourth-order valence-electron chi connectivity index (χ4n) is 1.27. The molecule has 0 amide bonds. The van der Waals surface area contributed by atoms with Gasteiger partial charge in [-0.15, -0.1) is 11.3 Å². The lowest BCUT2D eigenvalue weighted by Gasteiger charge is -2.02. The first-order valence-corrected chi connectivity index (χ1v) is 5.60. The molecular formula is C11H16OS. The molecule has 0 aliphatic carbocycles. The molecule has 0 aromatic carbocycles. The van der Waals surface area contributed by atoms with Crippen molar-refractivity contribution in [3.05, 3.63) is 22.4 Å². The van der Waals surface area contributed by atoms with Gasteiger partial charge in [0, 0.05) is 17.7 Å². The zero-order chi connectivity index (χ0) is 9.68. The Morgan fingerprint density at radius 3 is 2.85 bits per heavy atom. The van der Waals surface area contributed by atoms with E-state index in [2.05, 4.69) is 25.3 Å². The van der Waals surface area contributed by atoms with Gasteiger partial charge in [-0.2, -0.15) is 0 Å². The Labute approximate surface area is 83.8 Å². The predicted molar refractivity (Wildman–Crippen MR) is 57.1 cm³/mol. The summed E-state index contributed by atoms with van der Waals surface area (Å²) >= 11 is 1.73. The molecule has 0 N–H and O–H groups in total. The highest BCUT2D eigenvalue weighted by Gasteiger charge is 2.05. The summed E-state index contributed by atoms with van der Waals surface area (Å²) in [6.45, 7) is 4.17. The number of carbonyl (C=O) groups excluding carboxylic acids is 1. The Morgan fingerprint density at radius 1 is 1.54 bits per heavy atom. The van der Waals surface area contributed by atoms with Gasteiger partial charge in [0.1, 0.15) is 5.78 Å². The van der Waals surface area contributed by atoms with Crippen molar-refractivity contribution in [2.24, 2.45) is 5.92 Å². The van der Waals surface area contributed by atoms with Gasteiger partial charge in [0.2, 0.25) is 0 Å². The third-order valence-corrected chi connectivity index (χ3v) is 2.80. The number of thiophene rings is 1. The average molecular weight is 196 g/mol. The number of carbonyl (C=O) groups is 1. The fourth-order valence-corrected chi connectivity index (χ4v) is 1.98. The van der Waals surface area contributed by atoms with Gasteiger partial charge in [-0.3, -0.25) is 4.79 Å². The molecule has 72 valence electrons. The van der Waals surface area contributed by atoms with Crippen molar-refractivity contribution in [3.8, 4) is 0 Å². The minimum atomic E-state index is 0.392. The largest absolute Gasteiger partial charge is 0.300 e. The smallest absolute Gasteiger partial charge is 0.133 e. The summed E-state index contributed by atoms with van der Waals surface area (Å²) in [6.07, 6.45) is 2.35. The van der Waals surface area contributed by atoms with Gasteiger partial charge in [-0.1, -0.05) is 19.9 Å². The second-order valence-electron chi connectivity index (χ2n) is 3.72. The van der Waals surface area contributed by atoms with E-state index < -0.39 is 0 Å². The summed E-state index contributed by atoms with van der Waals surface area (Å²) in [5, 5.41) is 2.06. The number of hydrogen-bond donors (Lipinski definition) is 0. The Morgan fingerprint density at radius 2 is 2.31 bits per heavy atom. The van der Waals surface area contributed by atoms with Crippen LogP contribution >= 0.6 is 11.3 Å². The molecule has 0 unspecified atom stereocenters. The first-order chi connectivity index (χ1) is 6.18. The second kappa shape index (κ2) is 5.18. The summed E-state index contributed by atoms with van der Waals surface area (Å²) in [4.78, 5) is 12.7. The number of hydrogen-bond acceptors (Lipinski definition) is 2. The highest BCUT2D eigenvalue weighted by molar-refractivity contribution is 7.09. The van der Waals surface area contributed by atoms with Crippen LogP contribution < -0.4 is 0 Å². The number of rotatable bonds is 5. The predicted octanol–water partition coefficient (Wildman–Crippen LogP) is 3.30. The molecule has 0 radical (unpaired) electrons. The van der Waals surface area contributed by atoms with E-state index in [0.717, 1.165) is 12.8 Å². The molecule has 1 aromatic heterocycles. The molecule has 0 fully saturated rings. The molecule has 0 aliphatic rings. The summed E-state index contributed by atoms with van der Waals surface area (Å²) < 4.78 is 0. The van der Waals surface area contributed by atoms with Crippen LogP contribution in [0.25, 0.3) is 0 Å². The second-order valence-corrected chi connectivity index (χ2v) is 4.75. The maximum atomic E-state index is 11.4. The van der Waals surface area contributed by atoms with E-state index in [0.29, 0.717) is 18.1 Å². The van der Waals surface area contributed by atoms with Crippen LogP contribution in [0.15, 0.2) is 17.5 Å². The van der Waals surface area contributed by atoms with Crippen molar-refractivity contribution in [1.29, 1.82) is 0 Å². The molecular weight excluding hydrogens is 180 g/mol. The standard InChI is InChI=1S/C11H16OS/c1-9(2)8-10(12)5-6-11-4-3-7-13-11/h3-4,7,9H,5-6,8H2,1-2H3. The van der Waals surface area contributed by atoms with Crippen molar-refractivity contribution < 1.29 is 4.79 Å². The highest BCUT2D eigenvalue weighted by Crippen LogP contribution is 2.12. The van der Waals surface area contributed by atoms with Crippen LogP contribution in [0.4, 0.5) is 0 Å². The molecule has 1 aromatic rings. The lowest BCUT2D eigenvalue weighted by atomic mass is 10.0. The number of Topliss-reactive ketones (excluding diaryl/α,β-unsaturated/α-hetero) is 1. The Balaban J connectivity index is 2.23. The van der Waals surface area contributed by atoms with Crippen LogP contribution in [0.5, 0.6) is 0 Å². The summed E-state index contributed by atoms with van der Waals surface area (Å²) in [5.41, 5.74) is 0. The molecule has 0 bridgehead atoms. The van der Waals surface area contributed by atoms with Gasteiger partial charge < -0.3 is 0 Å². The van der Waals surface area contributed by atoms with Crippen molar-refractivity contribution in [2.45, 2.75) is 33.1 Å². The van der Waals surface area contributed by atoms with Crippen LogP contribution in [-0.2, 0) is 11.2 Å². The first-order valence-electron chi connectivity index (χ1n) is 4.72. The lowest BCUT2D eigenvalue weighted by Crippen LogP contribution is -2.03. The fraction of sp³-hybridized carbons (Fsp3) is 0.545. The topological polar surface area (TPSA) is 17.1 Å². The molecule has 0 saturated carbocycles. The van der Waals surface area contributed by atoms with Crippen LogP contribution in [0.3, 0.4) is 0 Å². The van der Waals surface area contributed by atoms with Gasteiger partial charge in [0.15, 0.2) is 0 Å². The minimum absolute atomic E-state index is 0.392. The highest BCUT2D eigenvalue weighted by atomic mass is 32.1. The Hall–Kier alpha value is -0.630. The average Bonchev–Trinajstić information content (AvgIpc) is 2.51. The zero-order valence-corrected chi connectivity index (χ0v) is 9.06. The van der Waals surface area contributed by atoms with Crippen LogP contribution in [0.1, 0.15) is 31.6 Å². The molecule has 2 heteroatoms. The van der Waals surface area contributed by atoms with E-state index in [1.807, 2.05) is 6.07 Å². The molecule has 0 atom stereocenters. The van der Waals surface area contributed by atoms with Gasteiger partial charge in [-0.25, -0.2) is 0 Å². The van der Waals surface area contributed by atoms with Gasteiger partial charge >= 0.3 is 0 Å². The van der Waals surface area contributed by atoms with Crippen molar-refractivity contribution >= 4 is 17.1 Å².